The van der Waals surface area contributed by atoms with Gasteiger partial charge in [0.25, 0.3) is 0 Å². The second-order valence-corrected chi connectivity index (χ2v) is 5.55. The quantitative estimate of drug-likeness (QED) is 0.741. The zero-order chi connectivity index (χ0) is 14.4. The molecule has 1 aliphatic rings. The van der Waals surface area contributed by atoms with Crippen molar-refractivity contribution >= 4 is 17.3 Å². The predicted molar refractivity (Wildman–Crippen MR) is 83.3 cm³/mol. The van der Waals surface area contributed by atoms with Crippen molar-refractivity contribution in [2.45, 2.75) is 19.9 Å². The molecule has 0 spiro atoms. The first kappa shape index (κ1) is 12.2. The number of pyridine rings is 1. The number of fused-ring (bicyclic) bond motifs is 2. The fourth-order valence-corrected chi connectivity index (χ4v) is 3.06. The molecule has 0 radical (unpaired) electrons. The summed E-state index contributed by atoms with van der Waals surface area (Å²) < 4.78 is 1.76. The van der Waals surface area contributed by atoms with Crippen molar-refractivity contribution in [2.24, 2.45) is 0 Å². The number of hydrogen-bond donors (Lipinski definition) is 1. The number of rotatable bonds is 1. The fourth-order valence-electron chi connectivity index (χ4n) is 3.06. The molecule has 0 atom stereocenters. The summed E-state index contributed by atoms with van der Waals surface area (Å²) in [5.41, 5.74) is 11.7. The second kappa shape index (κ2) is 4.48. The molecule has 1 aromatic carbocycles. The fraction of sp³-hybridized carbons (Fsp3) is 0.250. The maximum atomic E-state index is 5.68. The lowest BCUT2D eigenvalue weighted by Gasteiger charge is -2.31. The Bertz CT molecular complexity index is 821. The Morgan fingerprint density at radius 3 is 2.86 bits per heavy atom. The highest BCUT2D eigenvalue weighted by molar-refractivity contribution is 5.59. The molecular weight excluding hydrogens is 262 g/mol. The molecule has 0 fully saturated rings. The average Bonchev–Trinajstić information content (AvgIpc) is 2.85. The van der Waals surface area contributed by atoms with Crippen LogP contribution in [-0.4, -0.2) is 21.1 Å². The average molecular weight is 279 g/mol. The van der Waals surface area contributed by atoms with Gasteiger partial charge in [-0.05, 0) is 36.1 Å². The number of aromatic nitrogens is 3. The minimum absolute atomic E-state index is 0.315. The van der Waals surface area contributed by atoms with Crippen LogP contribution < -0.4 is 10.6 Å². The highest BCUT2D eigenvalue weighted by Gasteiger charge is 2.18. The van der Waals surface area contributed by atoms with E-state index in [1.54, 1.807) is 4.52 Å². The molecule has 2 aromatic heterocycles. The maximum Gasteiger partial charge on any atom is 0.240 e. The molecule has 4 rings (SSSR count). The largest absolute Gasteiger partial charge is 0.366 e. The topological polar surface area (TPSA) is 59.4 Å². The van der Waals surface area contributed by atoms with Crippen LogP contribution in [0.25, 0.3) is 5.65 Å². The van der Waals surface area contributed by atoms with Gasteiger partial charge in [-0.3, -0.25) is 0 Å². The van der Waals surface area contributed by atoms with Crippen molar-refractivity contribution in [2.75, 3.05) is 17.2 Å². The molecule has 0 amide bonds. The highest BCUT2D eigenvalue weighted by atomic mass is 15.3. The molecule has 21 heavy (non-hydrogen) atoms. The summed E-state index contributed by atoms with van der Waals surface area (Å²) in [6.07, 6.45) is 3.11. The SMILES string of the molecule is Cc1cc2nc(N)nn2cc1N1CCc2ccccc2C1. The lowest BCUT2D eigenvalue weighted by molar-refractivity contribution is 0.725. The Morgan fingerprint density at radius 1 is 1.19 bits per heavy atom. The van der Waals surface area contributed by atoms with Gasteiger partial charge in [0.05, 0.1) is 11.9 Å². The van der Waals surface area contributed by atoms with Crippen molar-refractivity contribution in [3.8, 4) is 0 Å². The van der Waals surface area contributed by atoms with Crippen LogP contribution in [-0.2, 0) is 13.0 Å². The second-order valence-electron chi connectivity index (χ2n) is 5.55. The normalized spacial score (nSPS) is 14.4. The smallest absolute Gasteiger partial charge is 0.240 e. The summed E-state index contributed by atoms with van der Waals surface area (Å²) in [4.78, 5) is 6.61. The third-order valence-electron chi connectivity index (χ3n) is 4.14. The van der Waals surface area contributed by atoms with E-state index in [9.17, 15) is 0 Å². The van der Waals surface area contributed by atoms with Crippen LogP contribution in [0.1, 0.15) is 16.7 Å². The summed E-state index contributed by atoms with van der Waals surface area (Å²) >= 11 is 0. The van der Waals surface area contributed by atoms with Crippen LogP contribution in [0.2, 0.25) is 0 Å². The number of nitrogens with zero attached hydrogens (tertiary/aromatic N) is 4. The number of nitrogen functional groups attached to an aromatic ring is 1. The van der Waals surface area contributed by atoms with Crippen molar-refractivity contribution in [3.05, 3.63) is 53.2 Å². The number of aryl methyl sites for hydroxylation is 1. The van der Waals surface area contributed by atoms with Gasteiger partial charge in [-0.15, -0.1) is 5.10 Å². The van der Waals surface area contributed by atoms with Gasteiger partial charge in [-0.1, -0.05) is 24.3 Å². The van der Waals surface area contributed by atoms with Crippen LogP contribution in [0.5, 0.6) is 0 Å². The van der Waals surface area contributed by atoms with E-state index in [1.165, 1.54) is 22.4 Å². The Kier molecular flexibility index (Phi) is 2.60. The van der Waals surface area contributed by atoms with Gasteiger partial charge in [0, 0.05) is 13.1 Å². The lowest BCUT2D eigenvalue weighted by atomic mass is 9.99. The molecule has 3 heterocycles. The molecule has 5 nitrogen and oxygen atoms in total. The van der Waals surface area contributed by atoms with Gasteiger partial charge in [0.1, 0.15) is 0 Å². The molecule has 106 valence electrons. The van der Waals surface area contributed by atoms with E-state index in [2.05, 4.69) is 46.2 Å². The summed E-state index contributed by atoms with van der Waals surface area (Å²) in [5, 5.41) is 4.21. The van der Waals surface area contributed by atoms with Gasteiger partial charge in [-0.2, -0.15) is 4.98 Å². The number of hydrogen-bond acceptors (Lipinski definition) is 4. The van der Waals surface area contributed by atoms with Crippen molar-refractivity contribution in [1.82, 2.24) is 14.6 Å². The molecule has 0 saturated heterocycles. The maximum absolute atomic E-state index is 5.68. The molecule has 5 heteroatoms. The van der Waals surface area contributed by atoms with E-state index in [1.807, 2.05) is 12.3 Å². The molecule has 0 unspecified atom stereocenters. The van der Waals surface area contributed by atoms with Crippen LogP contribution in [0.3, 0.4) is 0 Å². The van der Waals surface area contributed by atoms with E-state index >= 15 is 0 Å². The van der Waals surface area contributed by atoms with E-state index < -0.39 is 0 Å². The molecule has 2 N–H and O–H groups in total. The van der Waals surface area contributed by atoms with Gasteiger partial charge >= 0.3 is 0 Å². The Labute approximate surface area is 123 Å². The van der Waals surface area contributed by atoms with Crippen molar-refractivity contribution in [3.63, 3.8) is 0 Å². The van der Waals surface area contributed by atoms with Gasteiger partial charge in [-0.25, -0.2) is 4.52 Å². The van der Waals surface area contributed by atoms with Crippen LogP contribution in [0.4, 0.5) is 11.6 Å². The number of benzene rings is 1. The minimum Gasteiger partial charge on any atom is -0.366 e. The third kappa shape index (κ3) is 2.01. The Balaban J connectivity index is 1.75. The summed E-state index contributed by atoms with van der Waals surface area (Å²) in [7, 11) is 0. The zero-order valence-electron chi connectivity index (χ0n) is 12.0. The molecule has 0 aliphatic carbocycles. The lowest BCUT2D eigenvalue weighted by Crippen LogP contribution is -2.31. The van der Waals surface area contributed by atoms with Crippen molar-refractivity contribution < 1.29 is 0 Å². The van der Waals surface area contributed by atoms with Crippen LogP contribution in [0, 0.1) is 6.92 Å². The Hall–Kier alpha value is -2.56. The molecule has 1 aliphatic heterocycles. The van der Waals surface area contributed by atoms with Crippen molar-refractivity contribution in [1.29, 1.82) is 0 Å². The minimum atomic E-state index is 0.315. The van der Waals surface area contributed by atoms with Crippen LogP contribution >= 0.6 is 0 Å². The zero-order valence-corrected chi connectivity index (χ0v) is 12.0. The van der Waals surface area contributed by atoms with E-state index in [0.717, 1.165) is 25.2 Å². The van der Waals surface area contributed by atoms with Gasteiger partial charge in [0.2, 0.25) is 5.95 Å². The third-order valence-corrected chi connectivity index (χ3v) is 4.14. The number of anilines is 2. The summed E-state index contributed by atoms with van der Waals surface area (Å²) in [5.74, 6) is 0.315. The number of nitrogens with two attached hydrogens (primary N) is 1. The first-order valence-electron chi connectivity index (χ1n) is 7.15. The first-order chi connectivity index (χ1) is 10.2. The summed E-state index contributed by atoms with van der Waals surface area (Å²) in [6, 6.07) is 10.7. The first-order valence-corrected chi connectivity index (χ1v) is 7.15. The van der Waals surface area contributed by atoms with Crippen LogP contribution in [0.15, 0.2) is 36.5 Å². The predicted octanol–water partition coefficient (Wildman–Crippen LogP) is 2.18. The van der Waals surface area contributed by atoms with Gasteiger partial charge in [0.15, 0.2) is 5.65 Å². The highest BCUT2D eigenvalue weighted by Crippen LogP contribution is 2.27. The van der Waals surface area contributed by atoms with E-state index in [-0.39, 0.29) is 0 Å². The molecule has 3 aromatic rings. The molecular formula is C16H17N5. The van der Waals surface area contributed by atoms with E-state index in [4.69, 9.17) is 5.73 Å². The molecule has 0 saturated carbocycles. The van der Waals surface area contributed by atoms with Gasteiger partial charge < -0.3 is 10.6 Å². The summed E-state index contributed by atoms with van der Waals surface area (Å²) in [6.45, 7) is 4.07. The van der Waals surface area contributed by atoms with E-state index in [0.29, 0.717) is 5.95 Å². The standard InChI is InChI=1S/C16H17N5/c1-11-8-15-18-16(17)19-21(15)10-14(11)20-7-6-12-4-2-3-5-13(12)9-20/h2-5,8,10H,6-7,9H2,1H3,(H2,17,19). The molecule has 0 bridgehead atoms. The monoisotopic (exact) mass is 279 g/mol. The Morgan fingerprint density at radius 2 is 2.00 bits per heavy atom.